The fourth-order valence-electron chi connectivity index (χ4n) is 4.14. The van der Waals surface area contributed by atoms with Gasteiger partial charge in [0.15, 0.2) is 11.6 Å². The number of aryl methyl sites for hydroxylation is 1. The molecule has 1 aliphatic rings. The third-order valence-electron chi connectivity index (χ3n) is 6.01. The van der Waals surface area contributed by atoms with Gasteiger partial charge in [-0.15, -0.1) is 0 Å². The Bertz CT molecular complexity index is 1270. The zero-order valence-electron chi connectivity index (χ0n) is 16.7. The number of furan rings is 1. The Labute approximate surface area is 169 Å². The summed E-state index contributed by atoms with van der Waals surface area (Å²) in [6.45, 7) is 1.83. The minimum Gasteiger partial charge on any atom is -0.463 e. The van der Waals surface area contributed by atoms with Crippen LogP contribution in [0.4, 0.5) is 0 Å². The van der Waals surface area contributed by atoms with Crippen molar-refractivity contribution in [2.45, 2.75) is 32.6 Å². The summed E-state index contributed by atoms with van der Waals surface area (Å²) in [4.78, 5) is 25.5. The van der Waals surface area contributed by atoms with Gasteiger partial charge in [0.1, 0.15) is 5.58 Å². The van der Waals surface area contributed by atoms with Gasteiger partial charge in [-0.3, -0.25) is 9.59 Å². The highest BCUT2D eigenvalue weighted by atomic mass is 16.3. The van der Waals surface area contributed by atoms with Crippen molar-refractivity contribution < 1.29 is 14.0 Å². The number of rotatable bonds is 6. The van der Waals surface area contributed by atoms with Gasteiger partial charge in [0.2, 0.25) is 0 Å². The van der Waals surface area contributed by atoms with Crippen molar-refractivity contribution >= 4 is 33.4 Å². The molecule has 2 heterocycles. The number of ketones is 2. The van der Waals surface area contributed by atoms with E-state index in [9.17, 15) is 9.59 Å². The van der Waals surface area contributed by atoms with E-state index in [1.807, 2.05) is 32.3 Å². The van der Waals surface area contributed by atoms with Crippen LogP contribution in [0, 0.1) is 5.92 Å². The second-order valence-corrected chi connectivity index (χ2v) is 8.06. The number of hydrogen-bond donors (Lipinski definition) is 0. The highest BCUT2D eigenvalue weighted by Gasteiger charge is 2.26. The molecule has 4 aromatic rings. The number of benzene rings is 2. The van der Waals surface area contributed by atoms with Crippen LogP contribution in [-0.2, 0) is 7.05 Å². The molecule has 0 unspecified atom stereocenters. The van der Waals surface area contributed by atoms with Gasteiger partial charge in [0, 0.05) is 53.5 Å². The Morgan fingerprint density at radius 2 is 1.90 bits per heavy atom. The molecule has 2 aromatic carbocycles. The van der Waals surface area contributed by atoms with Crippen LogP contribution in [0.5, 0.6) is 0 Å². The topological polar surface area (TPSA) is 52.2 Å². The maximum absolute atomic E-state index is 12.8. The monoisotopic (exact) mass is 385 g/mol. The lowest BCUT2D eigenvalue weighted by Crippen LogP contribution is -2.04. The maximum Gasteiger partial charge on any atom is 0.166 e. The van der Waals surface area contributed by atoms with Crippen molar-refractivity contribution in [2.75, 3.05) is 0 Å². The Kier molecular flexibility index (Phi) is 4.16. The first-order valence-electron chi connectivity index (χ1n) is 10.2. The van der Waals surface area contributed by atoms with Crippen LogP contribution in [0.25, 0.3) is 33.0 Å². The van der Waals surface area contributed by atoms with Gasteiger partial charge in [-0.25, -0.2) is 0 Å². The number of carbonyl (C=O) groups excluding carboxylic acids is 2. The lowest BCUT2D eigenvalue weighted by molar-refractivity contribution is 0.0976. The van der Waals surface area contributed by atoms with Gasteiger partial charge < -0.3 is 8.98 Å². The van der Waals surface area contributed by atoms with Gasteiger partial charge in [-0.05, 0) is 48.6 Å². The smallest absolute Gasteiger partial charge is 0.166 e. The van der Waals surface area contributed by atoms with Gasteiger partial charge >= 0.3 is 0 Å². The Morgan fingerprint density at radius 1 is 1.07 bits per heavy atom. The summed E-state index contributed by atoms with van der Waals surface area (Å²) in [5.74, 6) is 0.616. The Balaban J connectivity index is 1.74. The predicted octanol–water partition coefficient (Wildman–Crippen LogP) is 6.17. The SMILES string of the molecule is CCC(=O)c1cc(C(=O)CC2CC2)cc2c(-c3cccc4c3ccn4C)coc12. The third-order valence-corrected chi connectivity index (χ3v) is 6.01. The van der Waals surface area contributed by atoms with E-state index in [4.69, 9.17) is 4.42 Å². The fraction of sp³-hybridized carbons (Fsp3) is 0.280. The van der Waals surface area contributed by atoms with Crippen molar-refractivity contribution in [3.8, 4) is 11.1 Å². The lowest BCUT2D eigenvalue weighted by atomic mass is 9.94. The minimum atomic E-state index is -0.00473. The zero-order chi connectivity index (χ0) is 20.1. The molecule has 0 radical (unpaired) electrons. The van der Waals surface area contributed by atoms with Crippen molar-refractivity contribution in [1.82, 2.24) is 4.57 Å². The van der Waals surface area contributed by atoms with Gasteiger partial charge in [0.05, 0.1) is 11.8 Å². The average Bonchev–Trinajstić information content (AvgIpc) is 3.32. The molecule has 0 atom stereocenters. The molecule has 0 aliphatic heterocycles. The summed E-state index contributed by atoms with van der Waals surface area (Å²) in [5.41, 5.74) is 4.79. The Morgan fingerprint density at radius 3 is 2.66 bits per heavy atom. The van der Waals surface area contributed by atoms with Crippen molar-refractivity contribution in [3.63, 3.8) is 0 Å². The molecule has 2 aromatic heterocycles. The molecule has 0 bridgehead atoms. The average molecular weight is 385 g/mol. The summed E-state index contributed by atoms with van der Waals surface area (Å²) in [7, 11) is 2.02. The van der Waals surface area contributed by atoms with Crippen LogP contribution in [-0.4, -0.2) is 16.1 Å². The minimum absolute atomic E-state index is 0.00473. The molecule has 29 heavy (non-hydrogen) atoms. The molecule has 4 heteroatoms. The zero-order valence-corrected chi connectivity index (χ0v) is 16.7. The molecule has 1 aliphatic carbocycles. The number of fused-ring (bicyclic) bond motifs is 2. The second kappa shape index (κ2) is 6.73. The van der Waals surface area contributed by atoms with E-state index in [2.05, 4.69) is 22.8 Å². The third kappa shape index (κ3) is 3.00. The Hall–Kier alpha value is -3.14. The highest BCUT2D eigenvalue weighted by molar-refractivity contribution is 6.14. The molecular weight excluding hydrogens is 362 g/mol. The first kappa shape index (κ1) is 17.9. The quantitative estimate of drug-likeness (QED) is 0.373. The lowest BCUT2D eigenvalue weighted by Gasteiger charge is -2.07. The van der Waals surface area contributed by atoms with Crippen LogP contribution in [0.1, 0.15) is 53.3 Å². The summed E-state index contributed by atoms with van der Waals surface area (Å²) >= 11 is 0. The van der Waals surface area contributed by atoms with E-state index >= 15 is 0 Å². The summed E-state index contributed by atoms with van der Waals surface area (Å²) in [6.07, 6.45) is 6.94. The maximum atomic E-state index is 12.8. The summed E-state index contributed by atoms with van der Waals surface area (Å²) in [5, 5.41) is 1.95. The molecule has 146 valence electrons. The van der Waals surface area contributed by atoms with E-state index < -0.39 is 0 Å². The number of Topliss-reactive ketones (excluding diaryl/α,β-unsaturated/α-hetero) is 2. The molecule has 0 amide bonds. The molecule has 5 rings (SSSR count). The second-order valence-electron chi connectivity index (χ2n) is 8.06. The standard InChI is InChI=1S/C25H23NO3/c1-3-23(27)20-13-16(24(28)11-15-7-8-15)12-19-21(14-29-25(19)20)17-5-4-6-22-18(17)9-10-26(22)2/h4-6,9-10,12-15H,3,7-8,11H2,1-2H3. The first-order valence-corrected chi connectivity index (χ1v) is 10.2. The van der Waals surface area contributed by atoms with Crippen LogP contribution in [0.2, 0.25) is 0 Å². The van der Waals surface area contributed by atoms with Crippen LogP contribution < -0.4 is 0 Å². The van der Waals surface area contributed by atoms with Crippen molar-refractivity contribution in [3.05, 3.63) is 60.0 Å². The predicted molar refractivity (Wildman–Crippen MR) is 114 cm³/mol. The molecule has 4 nitrogen and oxygen atoms in total. The van der Waals surface area contributed by atoms with E-state index in [1.54, 1.807) is 12.3 Å². The largest absolute Gasteiger partial charge is 0.463 e. The number of hydrogen-bond acceptors (Lipinski definition) is 3. The van der Waals surface area contributed by atoms with Crippen LogP contribution in [0.15, 0.2) is 53.3 Å². The normalized spacial score (nSPS) is 14.0. The van der Waals surface area contributed by atoms with E-state index in [0.717, 1.165) is 40.3 Å². The molecular formula is C25H23NO3. The van der Waals surface area contributed by atoms with Gasteiger partial charge in [-0.1, -0.05) is 19.1 Å². The number of carbonyl (C=O) groups is 2. The molecule has 0 spiro atoms. The molecule has 1 fully saturated rings. The highest BCUT2D eigenvalue weighted by Crippen LogP contribution is 2.39. The van der Waals surface area contributed by atoms with Gasteiger partial charge in [-0.2, -0.15) is 0 Å². The van der Waals surface area contributed by atoms with E-state index in [1.165, 1.54) is 0 Å². The van der Waals surface area contributed by atoms with Crippen LogP contribution in [0.3, 0.4) is 0 Å². The fourth-order valence-corrected chi connectivity index (χ4v) is 4.14. The molecule has 0 saturated heterocycles. The van der Waals surface area contributed by atoms with E-state index in [0.29, 0.717) is 35.5 Å². The number of aromatic nitrogens is 1. The number of nitrogens with zero attached hydrogens (tertiary/aromatic N) is 1. The summed E-state index contributed by atoms with van der Waals surface area (Å²) < 4.78 is 7.98. The van der Waals surface area contributed by atoms with Crippen molar-refractivity contribution in [2.24, 2.45) is 13.0 Å². The molecule has 1 saturated carbocycles. The van der Waals surface area contributed by atoms with Crippen molar-refractivity contribution in [1.29, 1.82) is 0 Å². The van der Waals surface area contributed by atoms with Gasteiger partial charge in [0.25, 0.3) is 0 Å². The first-order chi connectivity index (χ1) is 14.1. The molecule has 0 N–H and O–H groups in total. The van der Waals surface area contributed by atoms with Crippen LogP contribution >= 0.6 is 0 Å². The summed E-state index contributed by atoms with van der Waals surface area (Å²) in [6, 6.07) is 11.9. The van der Waals surface area contributed by atoms with E-state index in [-0.39, 0.29) is 11.6 Å².